The maximum atomic E-state index is 9.32. The molecule has 1 aliphatic heterocycles. The van der Waals surface area contributed by atoms with Crippen LogP contribution in [0.3, 0.4) is 0 Å². The molecule has 4 nitrogen and oxygen atoms in total. The topological polar surface area (TPSA) is 72.3 Å². The van der Waals surface area contributed by atoms with E-state index in [1.54, 1.807) is 0 Å². The van der Waals surface area contributed by atoms with Crippen molar-refractivity contribution in [2.45, 2.75) is 0 Å². The average molecular weight is 320 g/mol. The second-order valence-electron chi connectivity index (χ2n) is 5.09. The van der Waals surface area contributed by atoms with Crippen LogP contribution in [-0.2, 0) is 0 Å². The Morgan fingerprint density at radius 3 is 1.96 bits per heavy atom. The number of nitriles is 2. The first kappa shape index (κ1) is 15.9. The molecule has 0 N–H and O–H groups in total. The fourth-order valence-corrected chi connectivity index (χ4v) is 2.42. The van der Waals surface area contributed by atoms with Crippen LogP contribution in [0.5, 0.6) is 0 Å². The molecule has 0 spiro atoms. The van der Waals surface area contributed by atoms with Gasteiger partial charge in [0.05, 0.1) is 35.3 Å². The van der Waals surface area contributed by atoms with E-state index in [1.807, 2.05) is 72.8 Å². The molecule has 2 aromatic carbocycles. The monoisotopic (exact) mass is 320 g/mol. The summed E-state index contributed by atoms with van der Waals surface area (Å²) in [5.41, 5.74) is 6.59. The van der Waals surface area contributed by atoms with Crippen molar-refractivity contribution < 1.29 is 0 Å². The maximum absolute atomic E-state index is 9.32. The van der Waals surface area contributed by atoms with E-state index < -0.39 is 0 Å². The van der Waals surface area contributed by atoms with Gasteiger partial charge in [-0.1, -0.05) is 66.4 Å². The van der Waals surface area contributed by atoms with Crippen LogP contribution in [0.4, 0.5) is 0 Å². The van der Waals surface area contributed by atoms with Gasteiger partial charge in [-0.05, 0) is 0 Å². The first-order valence-electron chi connectivity index (χ1n) is 7.56. The number of hydrogen-bond acceptors (Lipinski definition) is 4. The fraction of sp³-hybridized carbons (Fsp3) is 0. The highest BCUT2D eigenvalue weighted by atomic mass is 14.8. The molecule has 0 aliphatic carbocycles. The zero-order valence-corrected chi connectivity index (χ0v) is 13.2. The molecule has 1 heterocycles. The van der Waals surface area contributed by atoms with Gasteiger partial charge >= 0.3 is 0 Å². The quantitative estimate of drug-likeness (QED) is 0.621. The van der Waals surface area contributed by atoms with Crippen molar-refractivity contribution >= 4 is 11.4 Å². The van der Waals surface area contributed by atoms with Crippen molar-refractivity contribution in [1.82, 2.24) is 0 Å². The minimum Gasteiger partial charge on any atom is -0.252 e. The van der Waals surface area contributed by atoms with E-state index in [4.69, 9.17) is 5.26 Å². The van der Waals surface area contributed by atoms with Gasteiger partial charge in [0.1, 0.15) is 6.07 Å². The molecule has 0 fully saturated rings. The highest BCUT2D eigenvalue weighted by Crippen LogP contribution is 2.20. The van der Waals surface area contributed by atoms with Crippen molar-refractivity contribution in [3.63, 3.8) is 0 Å². The first-order chi connectivity index (χ1) is 12.3. The molecule has 1 aliphatic rings. The van der Waals surface area contributed by atoms with Crippen molar-refractivity contribution in [1.29, 1.82) is 10.5 Å². The van der Waals surface area contributed by atoms with Crippen molar-refractivity contribution in [3.05, 3.63) is 101 Å². The third-order valence-corrected chi connectivity index (χ3v) is 3.51. The van der Waals surface area contributed by atoms with E-state index in [0.29, 0.717) is 17.0 Å². The largest absolute Gasteiger partial charge is 0.252 e. The molecule has 0 amide bonds. The maximum Gasteiger partial charge on any atom is 0.159 e. The van der Waals surface area contributed by atoms with Gasteiger partial charge in [-0.25, -0.2) is 4.99 Å². The van der Waals surface area contributed by atoms with Crippen molar-refractivity contribution in [3.8, 4) is 12.1 Å². The lowest BCUT2D eigenvalue weighted by molar-refractivity contribution is 1.34. The molecule has 0 aromatic heterocycles. The Kier molecular flexibility index (Phi) is 4.79. The smallest absolute Gasteiger partial charge is 0.159 e. The molecule has 0 bridgehead atoms. The lowest BCUT2D eigenvalue weighted by Crippen LogP contribution is -2.14. The second-order valence-corrected chi connectivity index (χ2v) is 5.09. The van der Waals surface area contributed by atoms with Gasteiger partial charge in [0.15, 0.2) is 5.70 Å². The molecule has 0 atom stereocenters. The highest BCUT2D eigenvalue weighted by Gasteiger charge is 2.20. The lowest BCUT2D eigenvalue weighted by Gasteiger charge is -2.10. The number of rotatable bonds is 2. The summed E-state index contributed by atoms with van der Waals surface area (Å²) in [6.45, 7) is 0. The van der Waals surface area contributed by atoms with Crippen molar-refractivity contribution in [2.24, 2.45) is 9.98 Å². The van der Waals surface area contributed by atoms with E-state index in [-0.39, 0.29) is 5.70 Å². The molecule has 0 unspecified atom stereocenters. The average Bonchev–Trinajstić information content (AvgIpc) is 2.87. The molecule has 25 heavy (non-hydrogen) atoms. The summed E-state index contributed by atoms with van der Waals surface area (Å²) < 4.78 is 0. The van der Waals surface area contributed by atoms with E-state index in [1.165, 1.54) is 12.3 Å². The molecular formula is C21H12N4. The van der Waals surface area contributed by atoms with Gasteiger partial charge in [0.25, 0.3) is 0 Å². The normalized spacial score (nSPS) is 13.2. The van der Waals surface area contributed by atoms with Gasteiger partial charge in [-0.15, -0.1) is 0 Å². The van der Waals surface area contributed by atoms with Crippen LogP contribution in [0.25, 0.3) is 0 Å². The summed E-state index contributed by atoms with van der Waals surface area (Å²) in [4.78, 5) is 8.89. The summed E-state index contributed by atoms with van der Waals surface area (Å²) in [6.07, 6.45) is 2.70. The Morgan fingerprint density at radius 2 is 1.40 bits per heavy atom. The van der Waals surface area contributed by atoms with Gasteiger partial charge in [0.2, 0.25) is 0 Å². The fourth-order valence-electron chi connectivity index (χ4n) is 2.42. The number of nitrogens with zero attached hydrogens (tertiary/aromatic N) is 4. The molecule has 0 saturated carbocycles. The molecule has 3 rings (SSSR count). The zero-order chi connectivity index (χ0) is 17.5. The summed E-state index contributed by atoms with van der Waals surface area (Å²) in [5, 5.41) is 18.3. The Hall–Kier alpha value is -3.98. The van der Waals surface area contributed by atoms with Crippen LogP contribution in [-0.4, -0.2) is 11.4 Å². The van der Waals surface area contributed by atoms with Crippen LogP contribution >= 0.6 is 0 Å². The van der Waals surface area contributed by atoms with Gasteiger partial charge in [0, 0.05) is 11.1 Å². The van der Waals surface area contributed by atoms with Crippen LogP contribution in [0.2, 0.25) is 0 Å². The van der Waals surface area contributed by atoms with E-state index >= 15 is 0 Å². The SMILES string of the molecule is N#CC=C=C1C(c2ccccc2)=NC=C(C#N)N=C1c1ccccc1. The molecular weight excluding hydrogens is 308 g/mol. The summed E-state index contributed by atoms with van der Waals surface area (Å²) >= 11 is 0. The molecule has 116 valence electrons. The number of hydrogen-bond donors (Lipinski definition) is 0. The number of allylic oxidation sites excluding steroid dienone is 2. The highest BCUT2D eigenvalue weighted by molar-refractivity contribution is 6.35. The molecule has 0 saturated heterocycles. The van der Waals surface area contributed by atoms with Crippen LogP contribution in [0.15, 0.2) is 99.9 Å². The Morgan fingerprint density at radius 1 is 0.800 bits per heavy atom. The minimum absolute atomic E-state index is 0.195. The van der Waals surface area contributed by atoms with Crippen LogP contribution in [0.1, 0.15) is 11.1 Å². The zero-order valence-electron chi connectivity index (χ0n) is 13.2. The second kappa shape index (κ2) is 7.53. The Bertz CT molecular complexity index is 1020. The van der Waals surface area contributed by atoms with Crippen LogP contribution in [0, 0.1) is 22.7 Å². The summed E-state index contributed by atoms with van der Waals surface area (Å²) in [5.74, 6) is 0. The standard InChI is InChI=1S/C21H12N4/c22-13-7-12-19-20(16-8-3-1-4-9-16)24-15-18(14-23)25-21(19)17-10-5-2-6-11-17/h1-11,15H. The third kappa shape index (κ3) is 3.51. The van der Waals surface area contributed by atoms with Gasteiger partial charge in [-0.2, -0.15) is 10.5 Å². The van der Waals surface area contributed by atoms with Crippen LogP contribution < -0.4 is 0 Å². The number of aliphatic imine (C=N–C) groups is 2. The van der Waals surface area contributed by atoms with E-state index in [2.05, 4.69) is 15.7 Å². The van der Waals surface area contributed by atoms with Gasteiger partial charge in [-0.3, -0.25) is 4.99 Å². The summed E-state index contributed by atoms with van der Waals surface area (Å²) in [7, 11) is 0. The molecule has 0 radical (unpaired) electrons. The predicted octanol–water partition coefficient (Wildman–Crippen LogP) is 3.95. The van der Waals surface area contributed by atoms with Gasteiger partial charge < -0.3 is 0 Å². The predicted molar refractivity (Wildman–Crippen MR) is 96.9 cm³/mol. The summed E-state index contributed by atoms with van der Waals surface area (Å²) in [6, 6.07) is 23.0. The molecule has 4 heteroatoms. The van der Waals surface area contributed by atoms with E-state index in [0.717, 1.165) is 11.1 Å². The first-order valence-corrected chi connectivity index (χ1v) is 7.56. The number of benzene rings is 2. The van der Waals surface area contributed by atoms with E-state index in [9.17, 15) is 5.26 Å². The third-order valence-electron chi connectivity index (χ3n) is 3.51. The minimum atomic E-state index is 0.195. The molecule has 2 aromatic rings. The Labute approximate surface area is 145 Å². The lowest BCUT2D eigenvalue weighted by atomic mass is 9.94. The Balaban J connectivity index is 2.30. The van der Waals surface area contributed by atoms with Crippen molar-refractivity contribution in [2.75, 3.05) is 0 Å².